The Balaban J connectivity index is 0.634. The van der Waals surface area contributed by atoms with Crippen LogP contribution in [0, 0.1) is 12.8 Å². The molecule has 16 heteroatoms. The lowest BCUT2D eigenvalue weighted by atomic mass is 9.83. The van der Waals surface area contributed by atoms with Crippen LogP contribution < -0.4 is 25.8 Å². The molecule has 7 aromatic rings. The van der Waals surface area contributed by atoms with Gasteiger partial charge in [-0.25, -0.2) is 14.8 Å². The van der Waals surface area contributed by atoms with Crippen molar-refractivity contribution in [3.05, 3.63) is 125 Å². The number of nitrogens with one attached hydrogen (secondary N) is 3. The molecule has 6 heterocycles. The molecular formula is C57H62N10O5S. The van der Waals surface area contributed by atoms with E-state index in [9.17, 15) is 24.3 Å². The van der Waals surface area contributed by atoms with Crippen molar-refractivity contribution in [2.45, 2.75) is 89.6 Å². The van der Waals surface area contributed by atoms with Gasteiger partial charge in [0.25, 0.3) is 5.91 Å². The highest BCUT2D eigenvalue weighted by Gasteiger charge is 2.32. The first-order valence-corrected chi connectivity index (χ1v) is 26.7. The van der Waals surface area contributed by atoms with E-state index < -0.39 is 11.9 Å². The average Bonchev–Trinajstić information content (AvgIpc) is 3.97. The van der Waals surface area contributed by atoms with Gasteiger partial charge in [-0.3, -0.25) is 34.6 Å². The normalized spacial score (nSPS) is 19.5. The summed E-state index contributed by atoms with van der Waals surface area (Å²) in [7, 11) is 1.92. The number of nitrogens with zero attached hydrogens (tertiary/aromatic N) is 7. The molecule has 3 aromatic heterocycles. The number of hydrogen-bond acceptors (Lipinski definition) is 12. The molecule has 376 valence electrons. The van der Waals surface area contributed by atoms with Gasteiger partial charge in [0.1, 0.15) is 5.82 Å². The van der Waals surface area contributed by atoms with E-state index in [0.29, 0.717) is 60.5 Å². The predicted molar refractivity (Wildman–Crippen MR) is 288 cm³/mol. The number of piperidine rings is 1. The van der Waals surface area contributed by atoms with Crippen LogP contribution in [0.2, 0.25) is 0 Å². The summed E-state index contributed by atoms with van der Waals surface area (Å²) in [5, 5.41) is 26.0. The van der Waals surface area contributed by atoms with Crippen molar-refractivity contribution in [1.29, 1.82) is 0 Å². The van der Waals surface area contributed by atoms with Crippen LogP contribution in [0.3, 0.4) is 0 Å². The number of benzene rings is 4. The number of rotatable bonds is 14. The van der Waals surface area contributed by atoms with E-state index in [1.54, 1.807) is 0 Å². The molecule has 4 aromatic carbocycles. The number of fused-ring (bicyclic) bond motifs is 3. The number of carboxylic acid groups (broad SMARTS) is 1. The van der Waals surface area contributed by atoms with Gasteiger partial charge in [-0.2, -0.15) is 5.10 Å². The molecule has 1 saturated carbocycles. The Morgan fingerprint density at radius 2 is 1.64 bits per heavy atom. The first-order chi connectivity index (χ1) is 35.5. The molecule has 2 saturated heterocycles. The van der Waals surface area contributed by atoms with Crippen LogP contribution in [-0.2, 0) is 29.6 Å². The number of imide groups is 1. The van der Waals surface area contributed by atoms with Crippen LogP contribution in [0.25, 0.3) is 32.2 Å². The average molecular weight is 999 g/mol. The summed E-state index contributed by atoms with van der Waals surface area (Å²) in [4.78, 5) is 67.2. The first-order valence-electron chi connectivity index (χ1n) is 25.9. The third kappa shape index (κ3) is 10.3. The monoisotopic (exact) mass is 998 g/mol. The predicted octanol–water partition coefficient (Wildman–Crippen LogP) is 9.55. The molecule has 1 aliphatic carbocycles. The Morgan fingerprint density at radius 3 is 2.44 bits per heavy atom. The third-order valence-electron chi connectivity index (χ3n) is 15.7. The van der Waals surface area contributed by atoms with Crippen LogP contribution in [0.1, 0.15) is 107 Å². The Bertz CT molecular complexity index is 3210. The highest BCUT2D eigenvalue weighted by Crippen LogP contribution is 2.36. The van der Waals surface area contributed by atoms with E-state index in [2.05, 4.69) is 72.0 Å². The van der Waals surface area contributed by atoms with Gasteiger partial charge in [-0.05, 0) is 147 Å². The van der Waals surface area contributed by atoms with Crippen molar-refractivity contribution in [1.82, 2.24) is 30.0 Å². The van der Waals surface area contributed by atoms with Crippen molar-refractivity contribution < 1.29 is 24.3 Å². The number of para-hydroxylation sites is 1. The minimum atomic E-state index is -1.08. The molecule has 0 bridgehead atoms. The summed E-state index contributed by atoms with van der Waals surface area (Å²) in [6, 6.07) is 30.4. The topological polar surface area (TPSA) is 178 Å². The summed E-state index contributed by atoms with van der Waals surface area (Å²) in [5.74, 6) is -0.835. The molecule has 3 fully saturated rings. The summed E-state index contributed by atoms with van der Waals surface area (Å²) in [6.07, 6.45) is 10.0. The summed E-state index contributed by atoms with van der Waals surface area (Å²) in [5.41, 5.74) is 9.84. The van der Waals surface area contributed by atoms with Gasteiger partial charge in [0, 0.05) is 86.7 Å². The van der Waals surface area contributed by atoms with E-state index in [0.717, 1.165) is 106 Å². The smallest absolute Gasteiger partial charge is 0.355 e. The number of hydrogen-bond donors (Lipinski definition) is 4. The second kappa shape index (κ2) is 20.7. The van der Waals surface area contributed by atoms with Crippen molar-refractivity contribution in [3.8, 4) is 11.1 Å². The fraction of sp³-hybridized carbons (Fsp3) is 0.386. The number of aromatic carboxylic acids is 1. The standard InChI is InChI=1S/C57H62N10O5S/c1-35-32-39(17-19-41(35)42-21-23-50(60-53(42)56(71)72)67-27-25-37-9-7-10-43(46(37)34-67)54(69)62-57-59-47-11-3-4-12-49(47)73-57)58-38-15-13-36(14-16-38)8-5-6-26-65-28-30-66(31-29-65)40-18-20-44-48(33-40)64(2)63-52(44)45-22-24-51(68)61-55(45)70/h3-4,7,9-12,17-21,23,32-33,36,38,45,58H,5-6,8,13-16,22,24-31,34H2,1-2H3,(H,71,72)(H,59,62,69)(H,61,68,70). The maximum Gasteiger partial charge on any atom is 0.355 e. The minimum absolute atomic E-state index is 0.00986. The molecule has 4 N–H and O–H groups in total. The van der Waals surface area contributed by atoms with E-state index in [4.69, 9.17) is 10.1 Å². The molecule has 3 amide bonds. The zero-order valence-electron chi connectivity index (χ0n) is 41.5. The summed E-state index contributed by atoms with van der Waals surface area (Å²) in [6.45, 7) is 8.28. The highest BCUT2D eigenvalue weighted by atomic mass is 32.1. The number of aromatic nitrogens is 4. The summed E-state index contributed by atoms with van der Waals surface area (Å²) < 4.78 is 2.87. The fourth-order valence-electron chi connectivity index (χ4n) is 11.7. The largest absolute Gasteiger partial charge is 0.476 e. The van der Waals surface area contributed by atoms with E-state index in [1.807, 2.05) is 73.3 Å². The van der Waals surface area contributed by atoms with Gasteiger partial charge in [0.05, 0.1) is 27.3 Å². The number of pyridine rings is 1. The molecule has 1 atom stereocenters. The highest BCUT2D eigenvalue weighted by molar-refractivity contribution is 7.22. The van der Waals surface area contributed by atoms with Crippen molar-refractivity contribution in [2.24, 2.45) is 13.0 Å². The van der Waals surface area contributed by atoms with Gasteiger partial charge in [-0.1, -0.05) is 54.5 Å². The maximum atomic E-state index is 13.6. The number of aryl methyl sites for hydroxylation is 2. The molecular weight excluding hydrogens is 937 g/mol. The lowest BCUT2D eigenvalue weighted by Crippen LogP contribution is -2.46. The van der Waals surface area contributed by atoms with Crippen LogP contribution in [0.5, 0.6) is 0 Å². The Labute approximate surface area is 429 Å². The quantitative estimate of drug-likeness (QED) is 0.0600. The number of anilines is 4. The van der Waals surface area contributed by atoms with Gasteiger partial charge in [-0.15, -0.1) is 0 Å². The number of carbonyl (C=O) groups excluding carboxylic acids is 3. The zero-order chi connectivity index (χ0) is 50.2. The molecule has 15 nitrogen and oxygen atoms in total. The van der Waals surface area contributed by atoms with Crippen LogP contribution in [-0.4, -0.2) is 98.8 Å². The third-order valence-corrected chi connectivity index (χ3v) is 16.6. The van der Waals surface area contributed by atoms with Crippen molar-refractivity contribution >= 4 is 78.5 Å². The number of piperazine rings is 1. The summed E-state index contributed by atoms with van der Waals surface area (Å²) >= 11 is 1.44. The van der Waals surface area contributed by atoms with E-state index in [1.165, 1.54) is 49.1 Å². The molecule has 73 heavy (non-hydrogen) atoms. The molecule has 1 unspecified atom stereocenters. The maximum absolute atomic E-state index is 13.6. The van der Waals surface area contributed by atoms with Gasteiger partial charge >= 0.3 is 5.97 Å². The van der Waals surface area contributed by atoms with E-state index in [-0.39, 0.29) is 23.4 Å². The van der Waals surface area contributed by atoms with Crippen molar-refractivity contribution in [3.63, 3.8) is 0 Å². The zero-order valence-corrected chi connectivity index (χ0v) is 42.3. The fourth-order valence-corrected chi connectivity index (χ4v) is 12.5. The molecule has 11 rings (SSSR count). The van der Waals surface area contributed by atoms with Crippen LogP contribution >= 0.6 is 11.3 Å². The molecule has 0 spiro atoms. The van der Waals surface area contributed by atoms with Crippen LogP contribution in [0.4, 0.5) is 22.3 Å². The van der Waals surface area contributed by atoms with Gasteiger partial charge in [0.2, 0.25) is 11.8 Å². The van der Waals surface area contributed by atoms with Gasteiger partial charge in [0.15, 0.2) is 10.8 Å². The minimum Gasteiger partial charge on any atom is -0.476 e. The second-order valence-electron chi connectivity index (χ2n) is 20.4. The molecule has 3 aliphatic heterocycles. The molecule has 0 radical (unpaired) electrons. The lowest BCUT2D eigenvalue weighted by Gasteiger charge is -2.36. The first kappa shape index (κ1) is 48.1. The number of carbonyl (C=O) groups is 4. The number of thiazole rings is 1. The van der Waals surface area contributed by atoms with Crippen molar-refractivity contribution in [2.75, 3.05) is 59.7 Å². The lowest BCUT2D eigenvalue weighted by molar-refractivity contribution is -0.134. The van der Waals surface area contributed by atoms with E-state index >= 15 is 0 Å². The second-order valence-corrected chi connectivity index (χ2v) is 21.4. The number of carboxylic acids is 1. The Kier molecular flexibility index (Phi) is 13.7. The Morgan fingerprint density at radius 1 is 0.822 bits per heavy atom. The van der Waals surface area contributed by atoms with Gasteiger partial charge < -0.3 is 20.2 Å². The number of unbranched alkanes of at least 4 members (excludes halogenated alkanes) is 1. The molecule has 4 aliphatic rings. The van der Waals surface area contributed by atoms with Crippen LogP contribution in [0.15, 0.2) is 91.0 Å². The Hall–Kier alpha value is -7.17. The number of amides is 3. The SMILES string of the molecule is Cc1cc(NC2CCC(CCCCN3CCN(c4ccc5c(C6CCC(=O)NC6=O)nn(C)c5c4)CC3)CC2)ccc1-c1ccc(N2CCc3cccc(C(=O)Nc4nc5ccccc5s4)c3C2)nc1C(=O)O.